The van der Waals surface area contributed by atoms with Gasteiger partial charge in [-0.3, -0.25) is 19.7 Å². The Labute approximate surface area is 175 Å². The van der Waals surface area contributed by atoms with E-state index < -0.39 is 6.04 Å². The van der Waals surface area contributed by atoms with E-state index in [-0.39, 0.29) is 24.1 Å². The molecule has 156 valence electrons. The maximum atomic E-state index is 12.9. The van der Waals surface area contributed by atoms with Crippen LogP contribution in [0.4, 0.5) is 0 Å². The second-order valence-corrected chi connectivity index (χ2v) is 8.97. The third-order valence-corrected chi connectivity index (χ3v) is 7.06. The highest BCUT2D eigenvalue weighted by Crippen LogP contribution is 2.34. The number of rotatable bonds is 7. The number of unbranched alkanes of at least 4 members (excludes halogenated alkanes) is 1. The van der Waals surface area contributed by atoms with Gasteiger partial charge in [-0.2, -0.15) is 0 Å². The second-order valence-electron chi connectivity index (χ2n) is 7.83. The van der Waals surface area contributed by atoms with E-state index in [0.29, 0.717) is 18.5 Å². The number of piperidine rings is 1. The molecule has 29 heavy (non-hydrogen) atoms. The Morgan fingerprint density at radius 3 is 2.72 bits per heavy atom. The summed E-state index contributed by atoms with van der Waals surface area (Å²) in [5.41, 5.74) is 1.72. The number of hydrogen-bond acceptors (Lipinski definition) is 6. The molecule has 3 amide bonds. The molecule has 0 spiro atoms. The number of hydrogen-bond donors (Lipinski definition) is 2. The van der Waals surface area contributed by atoms with Crippen LogP contribution in [0.1, 0.15) is 41.6 Å². The van der Waals surface area contributed by atoms with Crippen molar-refractivity contribution in [2.75, 3.05) is 38.5 Å². The lowest BCUT2D eigenvalue weighted by molar-refractivity contribution is -0.136. The Balaban J connectivity index is 1.32. The molecule has 2 fully saturated rings. The molecule has 1 atom stereocenters. The molecule has 0 saturated carbocycles. The molecule has 3 aliphatic heterocycles. The van der Waals surface area contributed by atoms with Crippen LogP contribution in [-0.4, -0.2) is 72.0 Å². The fourth-order valence-electron chi connectivity index (χ4n) is 4.25. The monoisotopic (exact) mass is 416 g/mol. The molecule has 1 aromatic rings. The molecule has 4 rings (SSSR count). The van der Waals surface area contributed by atoms with Gasteiger partial charge in [0.05, 0.1) is 0 Å². The van der Waals surface area contributed by atoms with Gasteiger partial charge in [-0.15, -0.1) is 11.8 Å². The predicted octanol–water partition coefficient (Wildman–Crippen LogP) is 1.23. The molecule has 1 aromatic carbocycles. The van der Waals surface area contributed by atoms with Gasteiger partial charge in [-0.1, -0.05) is 6.07 Å². The Hall–Kier alpha value is -1.90. The van der Waals surface area contributed by atoms with Crippen LogP contribution in [0.3, 0.4) is 0 Å². The number of fused-ring (bicyclic) bond motifs is 1. The Bertz CT molecular complexity index is 794. The molecule has 0 radical (unpaired) electrons. The third kappa shape index (κ3) is 4.65. The number of nitrogens with zero attached hydrogens (tertiary/aromatic N) is 2. The summed E-state index contributed by atoms with van der Waals surface area (Å²) in [6, 6.07) is 5.29. The van der Waals surface area contributed by atoms with Crippen molar-refractivity contribution in [3.05, 3.63) is 29.3 Å². The molecule has 2 N–H and O–H groups in total. The highest BCUT2D eigenvalue weighted by molar-refractivity contribution is 7.99. The van der Waals surface area contributed by atoms with Crippen molar-refractivity contribution in [3.8, 4) is 0 Å². The molecular weight excluding hydrogens is 388 g/mol. The summed E-state index contributed by atoms with van der Waals surface area (Å²) in [7, 11) is 0. The first-order valence-electron chi connectivity index (χ1n) is 10.5. The van der Waals surface area contributed by atoms with Crippen LogP contribution >= 0.6 is 11.8 Å². The summed E-state index contributed by atoms with van der Waals surface area (Å²) in [6.07, 6.45) is 3.01. The van der Waals surface area contributed by atoms with Gasteiger partial charge in [0.25, 0.3) is 5.91 Å². The first kappa shape index (κ1) is 20.4. The zero-order valence-electron chi connectivity index (χ0n) is 16.6. The van der Waals surface area contributed by atoms with Gasteiger partial charge in [0.1, 0.15) is 6.04 Å². The summed E-state index contributed by atoms with van der Waals surface area (Å²) < 4.78 is 0. The summed E-state index contributed by atoms with van der Waals surface area (Å²) in [5.74, 6) is 0.308. The normalized spacial score (nSPS) is 22.7. The van der Waals surface area contributed by atoms with Crippen molar-refractivity contribution < 1.29 is 14.4 Å². The van der Waals surface area contributed by atoms with E-state index in [1.165, 1.54) is 6.42 Å². The van der Waals surface area contributed by atoms with Crippen LogP contribution in [0, 0.1) is 0 Å². The predicted molar refractivity (Wildman–Crippen MR) is 112 cm³/mol. The number of nitrogens with one attached hydrogen (secondary N) is 2. The smallest absolute Gasteiger partial charge is 0.255 e. The summed E-state index contributed by atoms with van der Waals surface area (Å²) in [4.78, 5) is 41.8. The number of thioether (sulfide) groups is 1. The van der Waals surface area contributed by atoms with Crippen LogP contribution < -0.4 is 10.6 Å². The number of benzene rings is 1. The fourth-order valence-corrected chi connectivity index (χ4v) is 5.34. The Morgan fingerprint density at radius 1 is 1.10 bits per heavy atom. The fraction of sp³-hybridized carbons (Fsp3) is 0.571. The van der Waals surface area contributed by atoms with Gasteiger partial charge in [-0.05, 0) is 49.3 Å². The van der Waals surface area contributed by atoms with Gasteiger partial charge in [0.2, 0.25) is 11.8 Å². The zero-order chi connectivity index (χ0) is 20.2. The zero-order valence-corrected chi connectivity index (χ0v) is 17.4. The van der Waals surface area contributed by atoms with E-state index >= 15 is 0 Å². The lowest BCUT2D eigenvalue weighted by atomic mass is 10.0. The summed E-state index contributed by atoms with van der Waals surface area (Å²) >= 11 is 1.80. The van der Waals surface area contributed by atoms with Crippen LogP contribution in [-0.2, 0) is 16.1 Å². The van der Waals surface area contributed by atoms with Crippen LogP contribution in [0.25, 0.3) is 0 Å². The third-order valence-electron chi connectivity index (χ3n) is 5.87. The maximum absolute atomic E-state index is 12.9. The largest absolute Gasteiger partial charge is 0.322 e. The SMILES string of the molecule is O=C1CCC(N2Cc3c(SCCCCN4CCNCC4)cccc3C2=O)C(=O)N1. The van der Waals surface area contributed by atoms with Crippen molar-refractivity contribution in [2.24, 2.45) is 0 Å². The number of carbonyl (C=O) groups is 3. The van der Waals surface area contributed by atoms with Gasteiger partial charge >= 0.3 is 0 Å². The summed E-state index contributed by atoms with van der Waals surface area (Å²) in [5, 5.41) is 5.74. The molecule has 3 aliphatic rings. The first-order valence-corrected chi connectivity index (χ1v) is 11.4. The van der Waals surface area contributed by atoms with E-state index in [9.17, 15) is 14.4 Å². The molecule has 0 bridgehead atoms. The lowest BCUT2D eigenvalue weighted by Crippen LogP contribution is -2.52. The van der Waals surface area contributed by atoms with Crippen molar-refractivity contribution in [3.63, 3.8) is 0 Å². The van der Waals surface area contributed by atoms with Gasteiger partial charge < -0.3 is 15.1 Å². The first-order chi connectivity index (χ1) is 14.1. The van der Waals surface area contributed by atoms with Crippen molar-refractivity contribution in [1.29, 1.82) is 0 Å². The van der Waals surface area contributed by atoms with Gasteiger partial charge in [0.15, 0.2) is 0 Å². The van der Waals surface area contributed by atoms with E-state index in [2.05, 4.69) is 21.6 Å². The van der Waals surface area contributed by atoms with Crippen LogP contribution in [0.5, 0.6) is 0 Å². The van der Waals surface area contributed by atoms with E-state index in [0.717, 1.165) is 55.4 Å². The quantitative estimate of drug-likeness (QED) is 0.395. The number of piperazine rings is 1. The van der Waals surface area contributed by atoms with E-state index in [1.54, 1.807) is 16.7 Å². The standard InChI is InChI=1S/C21H28N4O3S/c26-19-7-6-17(20(27)23-19)25-14-16-15(21(25)28)4-3-5-18(16)29-13-2-1-10-24-11-8-22-9-12-24/h3-5,17,22H,1-2,6-14H2,(H,23,26,27). The molecular formula is C21H28N4O3S. The Kier molecular flexibility index (Phi) is 6.52. The van der Waals surface area contributed by atoms with Crippen LogP contribution in [0.2, 0.25) is 0 Å². The number of imide groups is 1. The minimum atomic E-state index is -0.551. The highest BCUT2D eigenvalue weighted by Gasteiger charge is 2.39. The molecule has 0 aromatic heterocycles. The van der Waals surface area contributed by atoms with E-state index in [1.807, 2.05) is 12.1 Å². The van der Waals surface area contributed by atoms with Gasteiger partial charge in [0, 0.05) is 49.6 Å². The molecule has 3 heterocycles. The van der Waals surface area contributed by atoms with Crippen LogP contribution in [0.15, 0.2) is 23.1 Å². The molecule has 2 saturated heterocycles. The average molecular weight is 417 g/mol. The van der Waals surface area contributed by atoms with Crippen molar-refractivity contribution >= 4 is 29.5 Å². The molecule has 8 heteroatoms. The second kappa shape index (κ2) is 9.28. The highest BCUT2D eigenvalue weighted by atomic mass is 32.2. The Morgan fingerprint density at radius 2 is 1.93 bits per heavy atom. The minimum absolute atomic E-state index is 0.101. The average Bonchev–Trinajstić information content (AvgIpc) is 3.06. The minimum Gasteiger partial charge on any atom is -0.322 e. The molecule has 1 unspecified atom stereocenters. The van der Waals surface area contributed by atoms with E-state index in [4.69, 9.17) is 0 Å². The summed E-state index contributed by atoms with van der Waals surface area (Å²) in [6.45, 7) is 6.04. The van der Waals surface area contributed by atoms with Gasteiger partial charge in [-0.25, -0.2) is 0 Å². The van der Waals surface area contributed by atoms with Crippen molar-refractivity contribution in [2.45, 2.75) is 43.2 Å². The topological polar surface area (TPSA) is 81.8 Å². The molecule has 7 nitrogen and oxygen atoms in total. The number of amides is 3. The number of carbonyl (C=O) groups excluding carboxylic acids is 3. The molecule has 0 aliphatic carbocycles. The maximum Gasteiger partial charge on any atom is 0.255 e. The lowest BCUT2D eigenvalue weighted by Gasteiger charge is -2.29. The van der Waals surface area contributed by atoms with Crippen molar-refractivity contribution in [1.82, 2.24) is 20.4 Å².